The van der Waals surface area contributed by atoms with E-state index in [1.807, 2.05) is 0 Å². The van der Waals surface area contributed by atoms with E-state index in [2.05, 4.69) is 0 Å². The number of halogens is 3. The van der Waals surface area contributed by atoms with Crippen molar-refractivity contribution in [2.45, 2.75) is 25.6 Å². The van der Waals surface area contributed by atoms with Gasteiger partial charge in [0.15, 0.2) is 5.41 Å². The molecule has 2 rings (SSSR count). The van der Waals surface area contributed by atoms with Crippen LogP contribution >= 0.6 is 0 Å². The standard InChI is InChI=1S/C12H11F3O2/c13-12(14,15)11(6-7-11)10(16)17-8-9-4-2-1-3-5-9/h1-5H,6-8H2. The molecule has 1 saturated carbocycles. The largest absolute Gasteiger partial charge is 0.460 e. The number of ether oxygens (including phenoxy) is 1. The number of carbonyl (C=O) groups excluding carboxylic acids is 1. The lowest BCUT2D eigenvalue weighted by atomic mass is 10.1. The predicted octanol–water partition coefficient (Wildman–Crippen LogP) is 3.07. The number of carbonyl (C=O) groups is 1. The van der Waals surface area contributed by atoms with Crippen molar-refractivity contribution in [3.8, 4) is 0 Å². The summed E-state index contributed by atoms with van der Waals surface area (Å²) in [5.41, 5.74) is -1.55. The third-order valence-electron chi connectivity index (χ3n) is 2.90. The molecule has 2 nitrogen and oxygen atoms in total. The van der Waals surface area contributed by atoms with E-state index in [1.165, 1.54) is 0 Å². The van der Waals surface area contributed by atoms with Crippen molar-refractivity contribution in [1.29, 1.82) is 0 Å². The average Bonchev–Trinajstić information content (AvgIpc) is 3.07. The van der Waals surface area contributed by atoms with Crippen LogP contribution in [-0.4, -0.2) is 12.1 Å². The first-order valence-corrected chi connectivity index (χ1v) is 5.24. The van der Waals surface area contributed by atoms with Crippen molar-refractivity contribution in [3.63, 3.8) is 0 Å². The van der Waals surface area contributed by atoms with Gasteiger partial charge < -0.3 is 4.74 Å². The van der Waals surface area contributed by atoms with E-state index in [0.29, 0.717) is 5.56 Å². The minimum absolute atomic E-state index is 0.114. The fraction of sp³-hybridized carbons (Fsp3) is 0.417. The molecule has 0 bridgehead atoms. The van der Waals surface area contributed by atoms with Gasteiger partial charge in [-0.2, -0.15) is 13.2 Å². The first kappa shape index (κ1) is 12.0. The molecular weight excluding hydrogens is 233 g/mol. The summed E-state index contributed by atoms with van der Waals surface area (Å²) in [6.45, 7) is -0.114. The van der Waals surface area contributed by atoms with Crippen molar-refractivity contribution < 1.29 is 22.7 Å². The van der Waals surface area contributed by atoms with Crippen LogP contribution in [0.1, 0.15) is 18.4 Å². The summed E-state index contributed by atoms with van der Waals surface area (Å²) in [4.78, 5) is 11.4. The first-order valence-electron chi connectivity index (χ1n) is 5.24. The quantitative estimate of drug-likeness (QED) is 0.764. The zero-order chi connectivity index (χ0) is 12.5. The smallest absolute Gasteiger partial charge is 0.404 e. The molecule has 0 radical (unpaired) electrons. The number of rotatable bonds is 3. The Bertz CT molecular complexity index is 408. The van der Waals surface area contributed by atoms with Gasteiger partial charge in [-0.3, -0.25) is 4.79 Å². The Balaban J connectivity index is 1.95. The highest BCUT2D eigenvalue weighted by atomic mass is 19.4. The Morgan fingerprint density at radius 1 is 1.24 bits per heavy atom. The molecule has 0 heterocycles. The van der Waals surface area contributed by atoms with Crippen LogP contribution in [0.15, 0.2) is 30.3 Å². The lowest BCUT2D eigenvalue weighted by Gasteiger charge is -2.17. The van der Waals surface area contributed by atoms with Crippen LogP contribution in [0.2, 0.25) is 0 Å². The average molecular weight is 244 g/mol. The van der Waals surface area contributed by atoms with Crippen molar-refractivity contribution >= 4 is 5.97 Å². The van der Waals surface area contributed by atoms with Gasteiger partial charge >= 0.3 is 12.1 Å². The highest BCUT2D eigenvalue weighted by Gasteiger charge is 2.69. The number of esters is 1. The predicted molar refractivity (Wildman–Crippen MR) is 54.0 cm³/mol. The van der Waals surface area contributed by atoms with Crippen molar-refractivity contribution in [2.75, 3.05) is 0 Å². The highest BCUT2D eigenvalue weighted by Crippen LogP contribution is 2.58. The molecule has 0 spiro atoms. The third kappa shape index (κ3) is 2.28. The Labute approximate surface area is 96.4 Å². The molecule has 0 aliphatic heterocycles. The molecule has 0 amide bonds. The lowest BCUT2D eigenvalue weighted by molar-refractivity contribution is -0.207. The SMILES string of the molecule is O=C(OCc1ccccc1)C1(C(F)(F)F)CC1. The van der Waals surface area contributed by atoms with E-state index >= 15 is 0 Å². The second-order valence-electron chi connectivity index (χ2n) is 4.14. The summed E-state index contributed by atoms with van der Waals surface area (Å²) >= 11 is 0. The molecule has 0 N–H and O–H groups in total. The normalized spacial score (nSPS) is 17.6. The van der Waals surface area contributed by atoms with Gasteiger partial charge in [-0.15, -0.1) is 0 Å². The van der Waals surface area contributed by atoms with E-state index in [-0.39, 0.29) is 19.4 Å². The summed E-state index contributed by atoms with van der Waals surface area (Å²) in [6.07, 6.45) is -4.82. The van der Waals surface area contributed by atoms with Gasteiger partial charge in [-0.1, -0.05) is 30.3 Å². The van der Waals surface area contributed by atoms with Gasteiger partial charge in [0.25, 0.3) is 0 Å². The summed E-state index contributed by atoms with van der Waals surface area (Å²) in [6, 6.07) is 8.64. The summed E-state index contributed by atoms with van der Waals surface area (Å²) in [7, 11) is 0. The molecule has 92 valence electrons. The van der Waals surface area contributed by atoms with E-state index < -0.39 is 17.6 Å². The molecular formula is C12H11F3O2. The van der Waals surface area contributed by atoms with E-state index in [0.717, 1.165) is 0 Å². The Kier molecular flexibility index (Phi) is 2.85. The molecule has 0 aromatic heterocycles. The summed E-state index contributed by atoms with van der Waals surface area (Å²) < 4.78 is 42.4. The van der Waals surface area contributed by atoms with Crippen LogP contribution in [-0.2, 0) is 16.1 Å². The number of hydrogen-bond acceptors (Lipinski definition) is 2. The number of benzene rings is 1. The van der Waals surface area contributed by atoms with Crippen molar-refractivity contribution in [2.24, 2.45) is 5.41 Å². The van der Waals surface area contributed by atoms with Crippen LogP contribution in [0.3, 0.4) is 0 Å². The molecule has 1 aromatic rings. The van der Waals surface area contributed by atoms with Gasteiger partial charge in [0, 0.05) is 0 Å². The maximum Gasteiger partial charge on any atom is 0.404 e. The molecule has 1 aromatic carbocycles. The minimum Gasteiger partial charge on any atom is -0.460 e. The second-order valence-corrected chi connectivity index (χ2v) is 4.14. The molecule has 1 fully saturated rings. The fourth-order valence-corrected chi connectivity index (χ4v) is 1.59. The van der Waals surface area contributed by atoms with Crippen LogP contribution in [0, 0.1) is 5.41 Å². The van der Waals surface area contributed by atoms with Crippen LogP contribution in [0.4, 0.5) is 13.2 Å². The van der Waals surface area contributed by atoms with Gasteiger partial charge in [-0.25, -0.2) is 0 Å². The Hall–Kier alpha value is -1.52. The molecule has 5 heteroatoms. The van der Waals surface area contributed by atoms with Gasteiger partial charge in [0.1, 0.15) is 6.61 Å². The molecule has 0 atom stereocenters. The Morgan fingerprint density at radius 3 is 2.29 bits per heavy atom. The van der Waals surface area contributed by atoms with Gasteiger partial charge in [0.05, 0.1) is 0 Å². The van der Waals surface area contributed by atoms with Gasteiger partial charge in [-0.05, 0) is 18.4 Å². The zero-order valence-electron chi connectivity index (χ0n) is 8.96. The topological polar surface area (TPSA) is 26.3 Å². The molecule has 0 saturated heterocycles. The van der Waals surface area contributed by atoms with Crippen molar-refractivity contribution in [1.82, 2.24) is 0 Å². The van der Waals surface area contributed by atoms with Crippen LogP contribution in [0.5, 0.6) is 0 Å². The van der Waals surface area contributed by atoms with E-state index in [4.69, 9.17) is 4.74 Å². The molecule has 1 aliphatic rings. The molecule has 0 unspecified atom stereocenters. The van der Waals surface area contributed by atoms with Crippen LogP contribution < -0.4 is 0 Å². The maximum atomic E-state index is 12.6. The van der Waals surface area contributed by atoms with E-state index in [9.17, 15) is 18.0 Å². The number of alkyl halides is 3. The lowest BCUT2D eigenvalue weighted by Crippen LogP contribution is -2.34. The highest BCUT2D eigenvalue weighted by molar-refractivity contribution is 5.80. The van der Waals surface area contributed by atoms with Crippen LogP contribution in [0.25, 0.3) is 0 Å². The van der Waals surface area contributed by atoms with E-state index in [1.54, 1.807) is 30.3 Å². The zero-order valence-corrected chi connectivity index (χ0v) is 8.96. The Morgan fingerprint density at radius 2 is 1.82 bits per heavy atom. The summed E-state index contributed by atoms with van der Waals surface area (Å²) in [5.74, 6) is -1.16. The first-order chi connectivity index (χ1) is 7.96. The minimum atomic E-state index is -4.50. The summed E-state index contributed by atoms with van der Waals surface area (Å²) in [5, 5.41) is 0. The number of hydrogen-bond donors (Lipinski definition) is 0. The molecule has 17 heavy (non-hydrogen) atoms. The third-order valence-corrected chi connectivity index (χ3v) is 2.90. The fourth-order valence-electron chi connectivity index (χ4n) is 1.59. The maximum absolute atomic E-state index is 12.6. The second kappa shape index (κ2) is 4.05. The van der Waals surface area contributed by atoms with Gasteiger partial charge in [0.2, 0.25) is 0 Å². The molecule has 1 aliphatic carbocycles. The monoisotopic (exact) mass is 244 g/mol. The van der Waals surface area contributed by atoms with Crippen molar-refractivity contribution in [3.05, 3.63) is 35.9 Å².